The van der Waals surface area contributed by atoms with E-state index >= 15 is 0 Å². The van der Waals surface area contributed by atoms with Crippen LogP contribution < -0.4 is 0 Å². The Morgan fingerprint density at radius 2 is 2.10 bits per heavy atom. The van der Waals surface area contributed by atoms with Crippen molar-refractivity contribution >= 4 is 45.8 Å². The maximum atomic E-state index is 12.7. The van der Waals surface area contributed by atoms with Gasteiger partial charge in [0.1, 0.15) is 0 Å². The van der Waals surface area contributed by atoms with Crippen molar-refractivity contribution in [1.82, 2.24) is 4.98 Å². The van der Waals surface area contributed by atoms with Gasteiger partial charge in [0.25, 0.3) is 0 Å². The minimum atomic E-state index is -0.560. The van der Waals surface area contributed by atoms with E-state index in [4.69, 9.17) is 23.2 Å². The standard InChI is InChI=1S/C5HCl2FIN/c6-2-1-10-5(7)3(8)4(2)9/h1H. The molecule has 0 aliphatic rings. The Balaban J connectivity index is 3.34. The van der Waals surface area contributed by atoms with Crippen molar-refractivity contribution in [3.8, 4) is 0 Å². The number of rotatable bonds is 0. The zero-order chi connectivity index (χ0) is 7.72. The molecule has 0 aliphatic heterocycles. The molecule has 0 fully saturated rings. The van der Waals surface area contributed by atoms with Crippen molar-refractivity contribution in [3.05, 3.63) is 25.8 Å². The molecule has 10 heavy (non-hydrogen) atoms. The van der Waals surface area contributed by atoms with E-state index in [9.17, 15) is 4.39 Å². The highest BCUT2D eigenvalue weighted by Gasteiger charge is 2.08. The Morgan fingerprint density at radius 3 is 2.60 bits per heavy atom. The van der Waals surface area contributed by atoms with Crippen LogP contribution in [0.1, 0.15) is 0 Å². The highest BCUT2D eigenvalue weighted by molar-refractivity contribution is 14.1. The minimum Gasteiger partial charge on any atom is -0.240 e. The summed E-state index contributed by atoms with van der Waals surface area (Å²) in [7, 11) is 0. The maximum Gasteiger partial charge on any atom is 0.175 e. The zero-order valence-corrected chi connectivity index (χ0v) is 8.21. The first-order valence-electron chi connectivity index (χ1n) is 2.28. The summed E-state index contributed by atoms with van der Waals surface area (Å²) in [5, 5.41) is 0.135. The lowest BCUT2D eigenvalue weighted by atomic mass is 10.5. The number of hydrogen-bond acceptors (Lipinski definition) is 1. The molecule has 0 radical (unpaired) electrons. The van der Waals surface area contributed by atoms with E-state index < -0.39 is 5.82 Å². The van der Waals surface area contributed by atoms with Gasteiger partial charge in [-0.3, -0.25) is 0 Å². The monoisotopic (exact) mass is 291 g/mol. The van der Waals surface area contributed by atoms with Crippen LogP contribution in [0.3, 0.4) is 0 Å². The van der Waals surface area contributed by atoms with Gasteiger partial charge in [0.15, 0.2) is 11.0 Å². The van der Waals surface area contributed by atoms with Crippen LogP contribution in [-0.2, 0) is 0 Å². The summed E-state index contributed by atoms with van der Waals surface area (Å²) in [5.74, 6) is -0.560. The van der Waals surface area contributed by atoms with Gasteiger partial charge in [-0.15, -0.1) is 0 Å². The molecule has 0 aromatic carbocycles. The molecule has 0 saturated heterocycles. The van der Waals surface area contributed by atoms with Crippen LogP contribution in [0.25, 0.3) is 0 Å². The molecular weight excluding hydrogens is 291 g/mol. The second-order valence-electron chi connectivity index (χ2n) is 1.52. The van der Waals surface area contributed by atoms with E-state index in [1.54, 1.807) is 22.6 Å². The molecule has 54 valence electrons. The number of pyridine rings is 1. The summed E-state index contributed by atoms with van der Waals surface area (Å²) in [6.07, 6.45) is 1.31. The lowest BCUT2D eigenvalue weighted by Crippen LogP contribution is -1.87. The van der Waals surface area contributed by atoms with E-state index in [1.807, 2.05) is 0 Å². The highest BCUT2D eigenvalue weighted by Crippen LogP contribution is 2.24. The van der Waals surface area contributed by atoms with Gasteiger partial charge in [0, 0.05) is 6.20 Å². The van der Waals surface area contributed by atoms with Gasteiger partial charge < -0.3 is 0 Å². The molecule has 0 aliphatic carbocycles. The van der Waals surface area contributed by atoms with E-state index in [1.165, 1.54) is 6.20 Å². The van der Waals surface area contributed by atoms with Crippen LogP contribution in [0.15, 0.2) is 6.20 Å². The topological polar surface area (TPSA) is 12.9 Å². The largest absolute Gasteiger partial charge is 0.240 e. The van der Waals surface area contributed by atoms with E-state index in [0.717, 1.165) is 0 Å². The Labute approximate surface area is 80.7 Å². The van der Waals surface area contributed by atoms with Crippen molar-refractivity contribution < 1.29 is 4.39 Å². The Morgan fingerprint density at radius 1 is 1.50 bits per heavy atom. The highest BCUT2D eigenvalue weighted by atomic mass is 127. The zero-order valence-electron chi connectivity index (χ0n) is 4.54. The molecule has 0 unspecified atom stereocenters. The average Bonchev–Trinajstić information content (AvgIpc) is 1.93. The summed E-state index contributed by atoms with van der Waals surface area (Å²) in [6.45, 7) is 0. The van der Waals surface area contributed by atoms with Crippen molar-refractivity contribution in [1.29, 1.82) is 0 Å². The van der Waals surface area contributed by atoms with Crippen LogP contribution in [0.2, 0.25) is 10.2 Å². The SMILES string of the molecule is Fc1c(Cl)ncc(Cl)c1I. The molecule has 1 aromatic heterocycles. The normalized spacial score (nSPS) is 10.0. The van der Waals surface area contributed by atoms with Crippen LogP contribution >= 0.6 is 45.8 Å². The molecule has 5 heteroatoms. The maximum absolute atomic E-state index is 12.7. The summed E-state index contributed by atoms with van der Waals surface area (Å²) in [6, 6.07) is 0. The summed E-state index contributed by atoms with van der Waals surface area (Å²) < 4.78 is 13.0. The predicted molar refractivity (Wildman–Crippen MR) is 46.9 cm³/mol. The molecule has 0 bridgehead atoms. The molecule has 0 amide bonds. The van der Waals surface area contributed by atoms with Crippen molar-refractivity contribution in [2.45, 2.75) is 0 Å². The first-order valence-corrected chi connectivity index (χ1v) is 4.11. The Kier molecular flexibility index (Phi) is 2.71. The average molecular weight is 292 g/mol. The van der Waals surface area contributed by atoms with Gasteiger partial charge in [0.05, 0.1) is 8.59 Å². The smallest absolute Gasteiger partial charge is 0.175 e. The molecule has 1 nitrogen and oxygen atoms in total. The second kappa shape index (κ2) is 3.19. The minimum absolute atomic E-state index is 0.145. The van der Waals surface area contributed by atoms with Crippen LogP contribution in [-0.4, -0.2) is 4.98 Å². The fourth-order valence-electron chi connectivity index (χ4n) is 0.422. The van der Waals surface area contributed by atoms with E-state index in [2.05, 4.69) is 4.98 Å². The third kappa shape index (κ3) is 1.52. The van der Waals surface area contributed by atoms with Crippen molar-refractivity contribution in [2.75, 3.05) is 0 Å². The lowest BCUT2D eigenvalue weighted by molar-refractivity contribution is 0.614. The van der Waals surface area contributed by atoms with Crippen LogP contribution in [0, 0.1) is 9.39 Å². The summed E-state index contributed by atoms with van der Waals surface area (Å²) in [5.41, 5.74) is 0. The Bertz CT molecular complexity index is 239. The number of halogens is 4. The van der Waals surface area contributed by atoms with Crippen LogP contribution in [0.4, 0.5) is 4.39 Å². The Hall–Kier alpha value is 0.390. The van der Waals surface area contributed by atoms with Crippen molar-refractivity contribution in [3.63, 3.8) is 0 Å². The third-order valence-corrected chi connectivity index (χ3v) is 2.80. The van der Waals surface area contributed by atoms with Gasteiger partial charge in [-0.25, -0.2) is 9.37 Å². The first-order chi connectivity index (χ1) is 4.63. The van der Waals surface area contributed by atoms with Gasteiger partial charge in [0.2, 0.25) is 0 Å². The second-order valence-corrected chi connectivity index (χ2v) is 3.37. The molecular formula is C5HCl2FIN. The van der Waals surface area contributed by atoms with Crippen LogP contribution in [0.5, 0.6) is 0 Å². The van der Waals surface area contributed by atoms with Gasteiger partial charge in [-0.1, -0.05) is 23.2 Å². The van der Waals surface area contributed by atoms with E-state index in [-0.39, 0.29) is 10.2 Å². The quantitative estimate of drug-likeness (QED) is 0.529. The molecule has 0 spiro atoms. The summed E-state index contributed by atoms with van der Waals surface area (Å²) >= 11 is 12.6. The number of nitrogens with zero attached hydrogens (tertiary/aromatic N) is 1. The fourth-order valence-corrected chi connectivity index (χ4v) is 1.25. The molecule has 1 heterocycles. The molecule has 0 atom stereocenters. The van der Waals surface area contributed by atoms with Gasteiger partial charge in [-0.2, -0.15) is 0 Å². The number of aromatic nitrogens is 1. The van der Waals surface area contributed by atoms with E-state index in [0.29, 0.717) is 3.57 Å². The summed E-state index contributed by atoms with van der Waals surface area (Å²) in [4.78, 5) is 3.49. The fraction of sp³-hybridized carbons (Fsp3) is 0. The molecule has 1 rings (SSSR count). The molecule has 0 saturated carbocycles. The predicted octanol–water partition coefficient (Wildman–Crippen LogP) is 3.13. The molecule has 1 aromatic rings. The lowest BCUT2D eigenvalue weighted by Gasteiger charge is -1.96. The van der Waals surface area contributed by atoms with Crippen molar-refractivity contribution in [2.24, 2.45) is 0 Å². The molecule has 0 N–H and O–H groups in total. The number of hydrogen-bond donors (Lipinski definition) is 0. The van der Waals surface area contributed by atoms with Gasteiger partial charge >= 0.3 is 0 Å². The van der Waals surface area contributed by atoms with Gasteiger partial charge in [-0.05, 0) is 22.6 Å². The first kappa shape index (κ1) is 8.49. The third-order valence-electron chi connectivity index (χ3n) is 0.875.